The van der Waals surface area contributed by atoms with Crippen LogP contribution in [0.2, 0.25) is 0 Å². The molecule has 1 aromatic rings. The van der Waals surface area contributed by atoms with Crippen LogP contribution in [0.5, 0.6) is 0 Å². The minimum atomic E-state index is 0.0594. The van der Waals surface area contributed by atoms with Gasteiger partial charge in [-0.1, -0.05) is 36.8 Å². The number of carbonyl (C=O) groups is 1. The van der Waals surface area contributed by atoms with E-state index >= 15 is 0 Å². The second kappa shape index (κ2) is 6.28. The molecule has 16 heavy (non-hydrogen) atoms. The fraction of sp³-hybridized carbons (Fsp3) is 0.462. The summed E-state index contributed by atoms with van der Waals surface area (Å²) in [6.45, 7) is 5.31. The van der Waals surface area contributed by atoms with E-state index < -0.39 is 0 Å². The van der Waals surface area contributed by atoms with Crippen molar-refractivity contribution in [1.29, 1.82) is 0 Å². The Balaban J connectivity index is 2.37. The quantitative estimate of drug-likeness (QED) is 0.784. The van der Waals surface area contributed by atoms with E-state index in [0.29, 0.717) is 25.4 Å². The minimum absolute atomic E-state index is 0.0594. The molecule has 1 unspecified atom stereocenters. The van der Waals surface area contributed by atoms with Crippen molar-refractivity contribution in [2.45, 2.75) is 20.3 Å². The molecule has 0 aliphatic carbocycles. The van der Waals surface area contributed by atoms with Crippen LogP contribution in [0, 0.1) is 12.8 Å². The summed E-state index contributed by atoms with van der Waals surface area (Å²) in [6, 6.07) is 8.01. The lowest BCUT2D eigenvalue weighted by molar-refractivity contribution is -0.120. The summed E-state index contributed by atoms with van der Waals surface area (Å²) in [6.07, 6.45) is 0.442. The van der Waals surface area contributed by atoms with E-state index in [9.17, 15) is 4.79 Å². The summed E-state index contributed by atoms with van der Waals surface area (Å²) >= 11 is 0. The van der Waals surface area contributed by atoms with Crippen LogP contribution in [0.4, 0.5) is 0 Å². The molecule has 0 radical (unpaired) electrons. The smallest absolute Gasteiger partial charge is 0.224 e. The summed E-state index contributed by atoms with van der Waals surface area (Å²) in [5.41, 5.74) is 7.73. The number of aryl methyl sites for hydroxylation is 1. The first kappa shape index (κ1) is 12.7. The number of benzene rings is 1. The van der Waals surface area contributed by atoms with E-state index in [1.807, 2.05) is 38.1 Å². The lowest BCUT2D eigenvalue weighted by Crippen LogP contribution is -2.32. The Morgan fingerprint density at radius 3 is 2.56 bits per heavy atom. The van der Waals surface area contributed by atoms with Crippen molar-refractivity contribution in [3.05, 3.63) is 35.4 Å². The second-order valence-electron chi connectivity index (χ2n) is 4.31. The Kier molecular flexibility index (Phi) is 4.99. The van der Waals surface area contributed by atoms with Crippen molar-refractivity contribution in [2.75, 3.05) is 13.1 Å². The van der Waals surface area contributed by atoms with Gasteiger partial charge < -0.3 is 11.1 Å². The molecule has 0 saturated heterocycles. The molecule has 1 rings (SSSR count). The zero-order valence-corrected chi connectivity index (χ0v) is 9.99. The summed E-state index contributed by atoms with van der Waals surface area (Å²) in [7, 11) is 0. The van der Waals surface area contributed by atoms with Crippen LogP contribution < -0.4 is 11.1 Å². The third kappa shape index (κ3) is 4.45. The van der Waals surface area contributed by atoms with E-state index in [2.05, 4.69) is 5.32 Å². The number of nitrogens with two attached hydrogens (primary N) is 1. The normalized spacial score (nSPS) is 12.2. The number of hydrogen-bond acceptors (Lipinski definition) is 2. The third-order valence-corrected chi connectivity index (χ3v) is 2.54. The molecule has 1 amide bonds. The Bertz CT molecular complexity index is 332. The average molecular weight is 220 g/mol. The SMILES string of the molecule is Cc1ccc(CC(=O)NCC(C)CN)cc1. The molecule has 3 nitrogen and oxygen atoms in total. The topological polar surface area (TPSA) is 55.1 Å². The number of nitrogens with one attached hydrogen (secondary N) is 1. The molecule has 0 spiro atoms. The second-order valence-corrected chi connectivity index (χ2v) is 4.31. The van der Waals surface area contributed by atoms with Gasteiger partial charge in [-0.3, -0.25) is 4.79 Å². The largest absolute Gasteiger partial charge is 0.356 e. The Morgan fingerprint density at radius 1 is 1.38 bits per heavy atom. The fourth-order valence-electron chi connectivity index (χ4n) is 1.33. The minimum Gasteiger partial charge on any atom is -0.356 e. The average Bonchev–Trinajstić information content (AvgIpc) is 2.29. The van der Waals surface area contributed by atoms with E-state index in [1.165, 1.54) is 5.56 Å². The number of carbonyl (C=O) groups excluding carboxylic acids is 1. The maximum absolute atomic E-state index is 11.6. The Morgan fingerprint density at radius 2 is 2.00 bits per heavy atom. The highest BCUT2D eigenvalue weighted by atomic mass is 16.1. The van der Waals surface area contributed by atoms with Crippen LogP contribution in [0.3, 0.4) is 0 Å². The van der Waals surface area contributed by atoms with Crippen LogP contribution in [0.1, 0.15) is 18.1 Å². The van der Waals surface area contributed by atoms with Crippen LogP contribution >= 0.6 is 0 Å². The van der Waals surface area contributed by atoms with Gasteiger partial charge in [-0.2, -0.15) is 0 Å². The highest BCUT2D eigenvalue weighted by molar-refractivity contribution is 5.78. The van der Waals surface area contributed by atoms with Gasteiger partial charge in [-0.25, -0.2) is 0 Å². The predicted octanol–water partition coefficient (Wildman–Crippen LogP) is 1.25. The molecule has 3 N–H and O–H groups in total. The summed E-state index contributed by atoms with van der Waals surface area (Å²) < 4.78 is 0. The number of amides is 1. The van der Waals surface area contributed by atoms with Gasteiger partial charge in [0, 0.05) is 6.54 Å². The molecule has 0 aliphatic rings. The van der Waals surface area contributed by atoms with Crippen molar-refractivity contribution in [3.63, 3.8) is 0 Å². The number of hydrogen-bond donors (Lipinski definition) is 2. The van der Waals surface area contributed by atoms with Gasteiger partial charge in [0.25, 0.3) is 0 Å². The van der Waals surface area contributed by atoms with Crippen molar-refractivity contribution < 1.29 is 4.79 Å². The first-order valence-corrected chi connectivity index (χ1v) is 5.64. The first-order valence-electron chi connectivity index (χ1n) is 5.64. The zero-order valence-electron chi connectivity index (χ0n) is 9.99. The molecule has 1 atom stereocenters. The van der Waals surface area contributed by atoms with Gasteiger partial charge in [-0.05, 0) is 24.9 Å². The van der Waals surface area contributed by atoms with Gasteiger partial charge in [0.05, 0.1) is 6.42 Å². The molecule has 0 saturated carbocycles. The molecule has 0 aromatic heterocycles. The first-order chi connectivity index (χ1) is 7.61. The van der Waals surface area contributed by atoms with Gasteiger partial charge in [-0.15, -0.1) is 0 Å². The maximum Gasteiger partial charge on any atom is 0.224 e. The standard InChI is InChI=1S/C13H20N2O/c1-10-3-5-12(6-4-10)7-13(16)15-9-11(2)8-14/h3-6,11H,7-9,14H2,1-2H3,(H,15,16). The van der Waals surface area contributed by atoms with Crippen LogP contribution in [-0.2, 0) is 11.2 Å². The highest BCUT2D eigenvalue weighted by Crippen LogP contribution is 2.03. The van der Waals surface area contributed by atoms with Gasteiger partial charge >= 0.3 is 0 Å². The molecule has 1 aromatic carbocycles. The summed E-state index contributed by atoms with van der Waals surface area (Å²) in [4.78, 5) is 11.6. The van der Waals surface area contributed by atoms with Crippen LogP contribution in [-0.4, -0.2) is 19.0 Å². The molecular formula is C13H20N2O. The summed E-state index contributed by atoms with van der Waals surface area (Å²) in [5.74, 6) is 0.395. The Labute approximate surface area is 97.0 Å². The lowest BCUT2D eigenvalue weighted by Gasteiger charge is -2.10. The Hall–Kier alpha value is -1.35. The fourth-order valence-corrected chi connectivity index (χ4v) is 1.33. The van der Waals surface area contributed by atoms with Crippen molar-refractivity contribution in [2.24, 2.45) is 11.7 Å². The molecule has 88 valence electrons. The highest BCUT2D eigenvalue weighted by Gasteiger charge is 2.04. The number of rotatable bonds is 5. The lowest BCUT2D eigenvalue weighted by atomic mass is 10.1. The van der Waals surface area contributed by atoms with E-state index in [4.69, 9.17) is 5.73 Å². The van der Waals surface area contributed by atoms with E-state index in [-0.39, 0.29) is 5.91 Å². The van der Waals surface area contributed by atoms with Crippen LogP contribution in [0.15, 0.2) is 24.3 Å². The molecule has 0 heterocycles. The molecule has 0 bridgehead atoms. The zero-order chi connectivity index (χ0) is 12.0. The molecule has 3 heteroatoms. The molecular weight excluding hydrogens is 200 g/mol. The van der Waals surface area contributed by atoms with Crippen molar-refractivity contribution in [3.8, 4) is 0 Å². The van der Waals surface area contributed by atoms with Gasteiger partial charge in [0.15, 0.2) is 0 Å². The van der Waals surface area contributed by atoms with E-state index in [0.717, 1.165) is 5.56 Å². The predicted molar refractivity (Wildman–Crippen MR) is 66.1 cm³/mol. The van der Waals surface area contributed by atoms with Crippen molar-refractivity contribution in [1.82, 2.24) is 5.32 Å². The molecule has 0 fully saturated rings. The third-order valence-electron chi connectivity index (χ3n) is 2.54. The van der Waals surface area contributed by atoms with E-state index in [1.54, 1.807) is 0 Å². The van der Waals surface area contributed by atoms with Crippen molar-refractivity contribution >= 4 is 5.91 Å². The molecule has 0 aliphatic heterocycles. The van der Waals surface area contributed by atoms with Gasteiger partial charge in [0.2, 0.25) is 5.91 Å². The maximum atomic E-state index is 11.6. The van der Waals surface area contributed by atoms with Gasteiger partial charge in [0.1, 0.15) is 0 Å². The monoisotopic (exact) mass is 220 g/mol. The summed E-state index contributed by atoms with van der Waals surface area (Å²) in [5, 5.41) is 2.88. The van der Waals surface area contributed by atoms with Crippen LogP contribution in [0.25, 0.3) is 0 Å².